The molecular formula is C10H14N2O3. The Hall–Kier alpha value is -1.20. The quantitative estimate of drug-likeness (QED) is 0.749. The smallest absolute Gasteiger partial charge is 0.185 e. The molecule has 1 aromatic rings. The van der Waals surface area contributed by atoms with Gasteiger partial charge < -0.3 is 14.4 Å². The fraction of sp³-hybridized carbons (Fsp3) is 0.600. The van der Waals surface area contributed by atoms with Gasteiger partial charge in [0.2, 0.25) is 0 Å². The van der Waals surface area contributed by atoms with E-state index in [1.807, 2.05) is 11.6 Å². The largest absolute Gasteiger partial charge is 0.392 e. The number of ketones is 1. The van der Waals surface area contributed by atoms with Crippen LogP contribution in [0.5, 0.6) is 0 Å². The van der Waals surface area contributed by atoms with Gasteiger partial charge in [-0.3, -0.25) is 4.79 Å². The van der Waals surface area contributed by atoms with Gasteiger partial charge in [-0.05, 0) is 0 Å². The van der Waals surface area contributed by atoms with Crippen molar-refractivity contribution in [2.75, 3.05) is 7.11 Å². The summed E-state index contributed by atoms with van der Waals surface area (Å²) in [5.41, 5.74) is 1.31. The first-order chi connectivity index (χ1) is 7.13. The van der Waals surface area contributed by atoms with E-state index < -0.39 is 6.10 Å². The molecule has 0 aliphatic heterocycles. The molecule has 2 rings (SSSR count). The molecule has 1 aliphatic rings. The molecule has 15 heavy (non-hydrogen) atoms. The lowest BCUT2D eigenvalue weighted by Crippen LogP contribution is -2.25. The second kappa shape index (κ2) is 3.75. The number of carbonyl (C=O) groups excluding carboxylic acids is 1. The topological polar surface area (TPSA) is 64.3 Å². The van der Waals surface area contributed by atoms with E-state index in [-0.39, 0.29) is 12.2 Å². The van der Waals surface area contributed by atoms with Crippen LogP contribution in [-0.4, -0.2) is 33.7 Å². The van der Waals surface area contributed by atoms with E-state index in [2.05, 4.69) is 4.98 Å². The first-order valence-corrected chi connectivity index (χ1v) is 4.88. The summed E-state index contributed by atoms with van der Waals surface area (Å²) in [6.07, 6.45) is 0.0980. The van der Waals surface area contributed by atoms with Crippen molar-refractivity contribution >= 4 is 5.78 Å². The Bertz CT molecular complexity index is 398. The highest BCUT2D eigenvalue weighted by Crippen LogP contribution is 2.21. The van der Waals surface area contributed by atoms with E-state index in [4.69, 9.17) is 4.74 Å². The van der Waals surface area contributed by atoms with E-state index in [0.29, 0.717) is 18.7 Å². The van der Waals surface area contributed by atoms with Crippen molar-refractivity contribution < 1.29 is 14.6 Å². The minimum absolute atomic E-state index is 0.0818. The highest BCUT2D eigenvalue weighted by Gasteiger charge is 2.28. The Kier molecular flexibility index (Phi) is 2.58. The van der Waals surface area contributed by atoms with Crippen molar-refractivity contribution in [3.8, 4) is 0 Å². The molecule has 0 fully saturated rings. The Balaban J connectivity index is 2.43. The number of ether oxygens (including phenoxy) is 1. The zero-order chi connectivity index (χ0) is 11.0. The highest BCUT2D eigenvalue weighted by atomic mass is 16.5. The molecule has 1 heterocycles. The van der Waals surface area contributed by atoms with Crippen molar-refractivity contribution in [3.05, 3.63) is 17.2 Å². The van der Waals surface area contributed by atoms with Crippen LogP contribution in [0.15, 0.2) is 0 Å². The molecule has 0 spiro atoms. The monoisotopic (exact) mass is 210 g/mol. The van der Waals surface area contributed by atoms with Crippen LogP contribution in [0.1, 0.15) is 28.4 Å². The summed E-state index contributed by atoms with van der Waals surface area (Å²) in [6, 6.07) is 0. The lowest BCUT2D eigenvalue weighted by molar-refractivity contribution is 0.0844. The SMILES string of the molecule is COCc1nc2c(n1C)CC(O)CC2=O. The number of Topliss-reactive ketones (excluding diaryl/α,β-unsaturated/α-hetero) is 1. The molecule has 1 atom stereocenters. The van der Waals surface area contributed by atoms with Gasteiger partial charge in [0.25, 0.3) is 0 Å². The van der Waals surface area contributed by atoms with Crippen LogP contribution in [0.3, 0.4) is 0 Å². The predicted molar refractivity (Wildman–Crippen MR) is 52.6 cm³/mol. The number of carbonyl (C=O) groups is 1. The molecular weight excluding hydrogens is 196 g/mol. The third kappa shape index (κ3) is 1.68. The van der Waals surface area contributed by atoms with E-state index in [1.54, 1.807) is 7.11 Å². The van der Waals surface area contributed by atoms with Crippen molar-refractivity contribution in [1.29, 1.82) is 0 Å². The summed E-state index contributed by atoms with van der Waals surface area (Å²) < 4.78 is 6.82. The molecule has 5 heteroatoms. The van der Waals surface area contributed by atoms with Crippen molar-refractivity contribution in [3.63, 3.8) is 0 Å². The van der Waals surface area contributed by atoms with E-state index in [0.717, 1.165) is 11.5 Å². The average molecular weight is 210 g/mol. The van der Waals surface area contributed by atoms with Crippen LogP contribution in [0.25, 0.3) is 0 Å². The molecule has 0 bridgehead atoms. The Morgan fingerprint density at radius 3 is 3.00 bits per heavy atom. The van der Waals surface area contributed by atoms with E-state index in [9.17, 15) is 9.90 Å². The molecule has 0 aromatic carbocycles. The first kappa shape index (κ1) is 10.3. The number of aliphatic hydroxyl groups excluding tert-OH is 1. The van der Waals surface area contributed by atoms with Crippen molar-refractivity contribution in [1.82, 2.24) is 9.55 Å². The Morgan fingerprint density at radius 1 is 1.60 bits per heavy atom. The summed E-state index contributed by atoms with van der Waals surface area (Å²) in [5.74, 6) is 0.645. The number of hydrogen-bond donors (Lipinski definition) is 1. The predicted octanol–water partition coefficient (Wildman–Crippen LogP) is 0.0563. The zero-order valence-electron chi connectivity index (χ0n) is 8.86. The van der Waals surface area contributed by atoms with Gasteiger partial charge in [0.15, 0.2) is 5.78 Å². The fourth-order valence-corrected chi connectivity index (χ4v) is 1.90. The number of hydrogen-bond acceptors (Lipinski definition) is 4. The average Bonchev–Trinajstić information content (AvgIpc) is 2.47. The van der Waals surface area contributed by atoms with Crippen molar-refractivity contribution in [2.24, 2.45) is 7.05 Å². The van der Waals surface area contributed by atoms with Gasteiger partial charge in [0.1, 0.15) is 18.1 Å². The second-order valence-electron chi connectivity index (χ2n) is 3.80. The molecule has 0 saturated carbocycles. The molecule has 0 saturated heterocycles. The molecule has 0 amide bonds. The maximum atomic E-state index is 11.6. The van der Waals surface area contributed by atoms with Crippen LogP contribution in [0.2, 0.25) is 0 Å². The summed E-state index contributed by atoms with van der Waals surface area (Å²) in [5, 5.41) is 9.50. The van der Waals surface area contributed by atoms with Gasteiger partial charge >= 0.3 is 0 Å². The second-order valence-corrected chi connectivity index (χ2v) is 3.80. The zero-order valence-corrected chi connectivity index (χ0v) is 8.86. The van der Waals surface area contributed by atoms with Crippen LogP contribution < -0.4 is 0 Å². The van der Waals surface area contributed by atoms with Gasteiger partial charge in [0, 0.05) is 27.0 Å². The summed E-state index contributed by atoms with van der Waals surface area (Å²) >= 11 is 0. The number of fused-ring (bicyclic) bond motifs is 1. The highest BCUT2D eigenvalue weighted by molar-refractivity contribution is 5.96. The third-order valence-corrected chi connectivity index (χ3v) is 2.69. The fourth-order valence-electron chi connectivity index (χ4n) is 1.90. The lowest BCUT2D eigenvalue weighted by Gasteiger charge is -2.16. The number of aliphatic hydroxyl groups is 1. The first-order valence-electron chi connectivity index (χ1n) is 4.88. The number of nitrogens with zero attached hydrogens (tertiary/aromatic N) is 2. The van der Waals surface area contributed by atoms with E-state index >= 15 is 0 Å². The van der Waals surface area contributed by atoms with Gasteiger partial charge in [-0.1, -0.05) is 0 Å². The molecule has 5 nitrogen and oxygen atoms in total. The van der Waals surface area contributed by atoms with Gasteiger partial charge in [-0.25, -0.2) is 4.98 Å². The number of rotatable bonds is 2. The van der Waals surface area contributed by atoms with Crippen molar-refractivity contribution in [2.45, 2.75) is 25.6 Å². The lowest BCUT2D eigenvalue weighted by atomic mass is 9.97. The maximum absolute atomic E-state index is 11.6. The van der Waals surface area contributed by atoms with Crippen LogP contribution in [0, 0.1) is 0 Å². The number of aromatic nitrogens is 2. The molecule has 1 aromatic heterocycles. The molecule has 1 N–H and O–H groups in total. The maximum Gasteiger partial charge on any atom is 0.185 e. The Labute approximate surface area is 87.7 Å². The number of methoxy groups -OCH3 is 1. The molecule has 0 radical (unpaired) electrons. The summed E-state index contributed by atoms with van der Waals surface area (Å²) in [6.45, 7) is 0.382. The normalized spacial score (nSPS) is 20.5. The van der Waals surface area contributed by atoms with E-state index in [1.165, 1.54) is 0 Å². The molecule has 1 unspecified atom stereocenters. The van der Waals surface area contributed by atoms with Gasteiger partial charge in [-0.15, -0.1) is 0 Å². The minimum Gasteiger partial charge on any atom is -0.392 e. The van der Waals surface area contributed by atoms with Crippen LogP contribution >= 0.6 is 0 Å². The van der Waals surface area contributed by atoms with Gasteiger partial charge in [0.05, 0.1) is 11.8 Å². The number of imidazole rings is 1. The Morgan fingerprint density at radius 2 is 2.33 bits per heavy atom. The third-order valence-electron chi connectivity index (χ3n) is 2.69. The molecule has 1 aliphatic carbocycles. The summed E-state index contributed by atoms with van der Waals surface area (Å²) in [4.78, 5) is 15.8. The van der Waals surface area contributed by atoms with Crippen LogP contribution in [-0.2, 0) is 24.8 Å². The minimum atomic E-state index is -0.573. The standard InChI is InChI=1S/C10H14N2O3/c1-12-7-3-6(13)4-8(14)10(7)11-9(12)5-15-2/h6,13H,3-5H2,1-2H3. The van der Waals surface area contributed by atoms with Gasteiger partial charge in [-0.2, -0.15) is 0 Å². The molecule has 82 valence electrons. The summed E-state index contributed by atoms with van der Waals surface area (Å²) in [7, 11) is 3.43. The van der Waals surface area contributed by atoms with Crippen LogP contribution in [0.4, 0.5) is 0 Å².